The third-order valence-electron chi connectivity index (χ3n) is 3.72. The van der Waals surface area contributed by atoms with Crippen LogP contribution in [0, 0.1) is 6.92 Å². The lowest BCUT2D eigenvalue weighted by atomic mass is 9.87. The molecule has 0 amide bonds. The first-order chi connectivity index (χ1) is 8.63. The van der Waals surface area contributed by atoms with E-state index in [-0.39, 0.29) is 0 Å². The molecular formula is C15H23NO2. The van der Waals surface area contributed by atoms with Crippen LogP contribution in [-0.4, -0.2) is 30.9 Å². The van der Waals surface area contributed by atoms with Gasteiger partial charge in [0.05, 0.1) is 12.7 Å². The zero-order chi connectivity index (χ0) is 13.0. The summed E-state index contributed by atoms with van der Waals surface area (Å²) >= 11 is 0. The maximum Gasteiger partial charge on any atom is 0.122 e. The molecule has 1 aromatic carbocycles. The molecule has 0 bridgehead atoms. The van der Waals surface area contributed by atoms with E-state index in [2.05, 4.69) is 18.3 Å². The Bertz CT molecular complexity index is 395. The molecule has 1 aliphatic heterocycles. The molecule has 1 fully saturated rings. The normalized spacial score (nSPS) is 24.6. The smallest absolute Gasteiger partial charge is 0.122 e. The minimum Gasteiger partial charge on any atom is -0.496 e. The number of ether oxygens (including phenoxy) is 1. The lowest BCUT2D eigenvalue weighted by Crippen LogP contribution is -2.32. The summed E-state index contributed by atoms with van der Waals surface area (Å²) in [5.41, 5.74) is 1.73. The Morgan fingerprint density at radius 2 is 2.17 bits per heavy atom. The van der Waals surface area contributed by atoms with Crippen molar-refractivity contribution in [2.45, 2.75) is 38.2 Å². The molecule has 0 radical (unpaired) electrons. The summed E-state index contributed by atoms with van der Waals surface area (Å²) in [7, 11) is 1.69. The van der Waals surface area contributed by atoms with Gasteiger partial charge in [-0.1, -0.05) is 17.7 Å². The number of rotatable bonds is 3. The van der Waals surface area contributed by atoms with Crippen LogP contribution in [0.2, 0.25) is 0 Å². The van der Waals surface area contributed by atoms with E-state index >= 15 is 0 Å². The molecule has 2 rings (SSSR count). The van der Waals surface area contributed by atoms with Crippen LogP contribution in [0.1, 0.15) is 30.4 Å². The topological polar surface area (TPSA) is 41.5 Å². The third kappa shape index (κ3) is 3.24. The summed E-state index contributed by atoms with van der Waals surface area (Å²) in [6.07, 6.45) is 3.38. The molecule has 3 nitrogen and oxygen atoms in total. The van der Waals surface area contributed by atoms with Crippen LogP contribution < -0.4 is 10.1 Å². The van der Waals surface area contributed by atoms with E-state index in [0.717, 1.165) is 43.7 Å². The lowest BCUT2D eigenvalue weighted by Gasteiger charge is -2.27. The van der Waals surface area contributed by atoms with Gasteiger partial charge < -0.3 is 15.2 Å². The van der Waals surface area contributed by atoms with Gasteiger partial charge >= 0.3 is 0 Å². The number of aryl methyl sites for hydroxylation is 1. The van der Waals surface area contributed by atoms with E-state index in [9.17, 15) is 5.11 Å². The second-order valence-corrected chi connectivity index (χ2v) is 5.32. The molecule has 1 aliphatic rings. The first kappa shape index (κ1) is 13.4. The molecule has 0 aromatic heterocycles. The Hall–Kier alpha value is -1.06. The quantitative estimate of drug-likeness (QED) is 0.861. The highest BCUT2D eigenvalue weighted by atomic mass is 16.5. The predicted molar refractivity (Wildman–Crippen MR) is 73.1 cm³/mol. The fraction of sp³-hybridized carbons (Fsp3) is 0.600. The van der Waals surface area contributed by atoms with Crippen LogP contribution in [0.3, 0.4) is 0 Å². The average Bonchev–Trinajstić information content (AvgIpc) is 2.54. The largest absolute Gasteiger partial charge is 0.496 e. The SMILES string of the molecule is COc1ccc(C)cc1CC1(O)CCCNCC1. The molecule has 1 saturated heterocycles. The maximum absolute atomic E-state index is 10.7. The van der Waals surface area contributed by atoms with E-state index in [1.807, 2.05) is 12.1 Å². The Labute approximate surface area is 109 Å². The summed E-state index contributed by atoms with van der Waals surface area (Å²) < 4.78 is 5.39. The molecule has 3 heteroatoms. The van der Waals surface area contributed by atoms with Gasteiger partial charge in [0.2, 0.25) is 0 Å². The minimum absolute atomic E-state index is 0.593. The molecular weight excluding hydrogens is 226 g/mol. The van der Waals surface area contributed by atoms with Gasteiger partial charge in [-0.25, -0.2) is 0 Å². The van der Waals surface area contributed by atoms with E-state index < -0.39 is 5.60 Å². The first-order valence-corrected chi connectivity index (χ1v) is 6.70. The van der Waals surface area contributed by atoms with Crippen LogP contribution in [-0.2, 0) is 6.42 Å². The highest BCUT2D eigenvalue weighted by molar-refractivity contribution is 5.37. The molecule has 1 unspecified atom stereocenters. The Morgan fingerprint density at radius 1 is 1.33 bits per heavy atom. The zero-order valence-electron chi connectivity index (χ0n) is 11.3. The van der Waals surface area contributed by atoms with Crippen LogP contribution in [0.4, 0.5) is 0 Å². The van der Waals surface area contributed by atoms with Crippen LogP contribution >= 0.6 is 0 Å². The molecule has 100 valence electrons. The second-order valence-electron chi connectivity index (χ2n) is 5.32. The summed E-state index contributed by atoms with van der Waals surface area (Å²) in [5.74, 6) is 0.881. The molecule has 0 spiro atoms. The first-order valence-electron chi connectivity index (χ1n) is 6.70. The van der Waals surface area contributed by atoms with Gasteiger partial charge in [-0.05, 0) is 50.9 Å². The van der Waals surface area contributed by atoms with Crippen molar-refractivity contribution in [1.82, 2.24) is 5.32 Å². The summed E-state index contributed by atoms with van der Waals surface area (Å²) in [6.45, 7) is 3.97. The number of methoxy groups -OCH3 is 1. The van der Waals surface area contributed by atoms with Crippen molar-refractivity contribution < 1.29 is 9.84 Å². The molecule has 1 atom stereocenters. The van der Waals surface area contributed by atoms with Gasteiger partial charge in [-0.3, -0.25) is 0 Å². The number of aliphatic hydroxyl groups is 1. The van der Waals surface area contributed by atoms with Crippen molar-refractivity contribution >= 4 is 0 Å². The van der Waals surface area contributed by atoms with Crippen molar-refractivity contribution in [2.24, 2.45) is 0 Å². The Morgan fingerprint density at radius 3 is 2.94 bits per heavy atom. The fourth-order valence-corrected chi connectivity index (χ4v) is 2.69. The van der Waals surface area contributed by atoms with Crippen molar-refractivity contribution in [1.29, 1.82) is 0 Å². The van der Waals surface area contributed by atoms with Gasteiger partial charge in [0.15, 0.2) is 0 Å². The molecule has 2 N–H and O–H groups in total. The third-order valence-corrected chi connectivity index (χ3v) is 3.72. The van der Waals surface area contributed by atoms with Gasteiger partial charge in [0, 0.05) is 6.42 Å². The van der Waals surface area contributed by atoms with E-state index in [1.165, 1.54) is 5.56 Å². The summed E-state index contributed by atoms with van der Waals surface area (Å²) in [5, 5.41) is 14.1. The van der Waals surface area contributed by atoms with Gasteiger partial charge in [-0.15, -0.1) is 0 Å². The van der Waals surface area contributed by atoms with Crippen molar-refractivity contribution in [2.75, 3.05) is 20.2 Å². The zero-order valence-corrected chi connectivity index (χ0v) is 11.3. The molecule has 0 saturated carbocycles. The lowest BCUT2D eigenvalue weighted by molar-refractivity contribution is 0.0279. The van der Waals surface area contributed by atoms with Crippen LogP contribution in [0.5, 0.6) is 5.75 Å². The minimum atomic E-state index is -0.593. The van der Waals surface area contributed by atoms with E-state index in [1.54, 1.807) is 7.11 Å². The van der Waals surface area contributed by atoms with Crippen LogP contribution in [0.15, 0.2) is 18.2 Å². The summed E-state index contributed by atoms with van der Waals surface area (Å²) in [4.78, 5) is 0. The monoisotopic (exact) mass is 249 g/mol. The summed E-state index contributed by atoms with van der Waals surface area (Å²) in [6, 6.07) is 6.15. The average molecular weight is 249 g/mol. The number of hydrogen-bond donors (Lipinski definition) is 2. The number of nitrogens with one attached hydrogen (secondary N) is 1. The van der Waals surface area contributed by atoms with E-state index in [4.69, 9.17) is 4.74 Å². The van der Waals surface area contributed by atoms with Crippen LogP contribution in [0.25, 0.3) is 0 Å². The second kappa shape index (κ2) is 5.72. The number of benzene rings is 1. The van der Waals surface area contributed by atoms with Crippen molar-refractivity contribution in [3.8, 4) is 5.75 Å². The molecule has 1 aromatic rings. The van der Waals surface area contributed by atoms with Gasteiger partial charge in [0.1, 0.15) is 5.75 Å². The molecule has 0 aliphatic carbocycles. The fourth-order valence-electron chi connectivity index (χ4n) is 2.69. The highest BCUT2D eigenvalue weighted by Crippen LogP contribution is 2.29. The van der Waals surface area contributed by atoms with Gasteiger partial charge in [-0.2, -0.15) is 0 Å². The Kier molecular flexibility index (Phi) is 4.25. The number of hydrogen-bond acceptors (Lipinski definition) is 3. The molecule has 1 heterocycles. The maximum atomic E-state index is 10.7. The molecule has 18 heavy (non-hydrogen) atoms. The standard InChI is InChI=1S/C15H23NO2/c1-12-4-5-14(18-2)13(10-12)11-15(17)6-3-8-16-9-7-15/h4-5,10,16-17H,3,6-9,11H2,1-2H3. The van der Waals surface area contributed by atoms with Crippen molar-refractivity contribution in [3.05, 3.63) is 29.3 Å². The van der Waals surface area contributed by atoms with Gasteiger partial charge in [0.25, 0.3) is 0 Å². The Balaban J connectivity index is 2.18. The highest BCUT2D eigenvalue weighted by Gasteiger charge is 2.29. The van der Waals surface area contributed by atoms with Crippen molar-refractivity contribution in [3.63, 3.8) is 0 Å². The predicted octanol–water partition coefficient (Wildman–Crippen LogP) is 2.05. The van der Waals surface area contributed by atoms with E-state index in [0.29, 0.717) is 6.42 Å².